The predicted octanol–water partition coefficient (Wildman–Crippen LogP) is 0.940. The van der Waals surface area contributed by atoms with Gasteiger partial charge in [-0.25, -0.2) is 4.79 Å². The van der Waals surface area contributed by atoms with Crippen molar-refractivity contribution in [1.29, 1.82) is 0 Å². The van der Waals surface area contributed by atoms with Gasteiger partial charge in [0.25, 0.3) is 0 Å². The van der Waals surface area contributed by atoms with Crippen LogP contribution in [-0.4, -0.2) is 30.4 Å². The number of hydrogen-bond donors (Lipinski definition) is 2. The van der Waals surface area contributed by atoms with Gasteiger partial charge >= 0.3 is 5.97 Å². The molecule has 0 saturated carbocycles. The predicted molar refractivity (Wildman–Crippen MR) is 58.4 cm³/mol. The van der Waals surface area contributed by atoms with Gasteiger partial charge in [0, 0.05) is 5.69 Å². The van der Waals surface area contributed by atoms with Crippen molar-refractivity contribution < 1.29 is 14.3 Å². The maximum absolute atomic E-state index is 11.5. The van der Waals surface area contributed by atoms with Crippen molar-refractivity contribution in [3.63, 3.8) is 0 Å². The number of esters is 1. The lowest BCUT2D eigenvalue weighted by Gasteiger charge is -2.03. The molecule has 0 spiro atoms. The molecule has 84 valence electrons. The Morgan fingerprint density at radius 2 is 2.19 bits per heavy atom. The molecular weight excluding hydrogens is 210 g/mol. The summed E-state index contributed by atoms with van der Waals surface area (Å²) in [6.45, 7) is 0. The van der Waals surface area contributed by atoms with Crippen LogP contribution in [0.5, 0.6) is 5.75 Å². The Morgan fingerprint density at radius 1 is 1.44 bits per heavy atom. The van der Waals surface area contributed by atoms with E-state index < -0.39 is 5.97 Å². The fourth-order valence-electron chi connectivity index (χ4n) is 1.54. The quantitative estimate of drug-likeness (QED) is 0.581. The molecule has 6 nitrogen and oxygen atoms in total. The van der Waals surface area contributed by atoms with Crippen LogP contribution in [0, 0.1) is 0 Å². The third-order valence-corrected chi connectivity index (χ3v) is 2.31. The highest BCUT2D eigenvalue weighted by molar-refractivity contribution is 6.08. The number of aromatic nitrogens is 2. The van der Waals surface area contributed by atoms with E-state index in [0.29, 0.717) is 22.3 Å². The Hall–Kier alpha value is -2.24. The minimum atomic E-state index is -0.512. The Kier molecular flexibility index (Phi) is 2.40. The number of nitrogens with one attached hydrogen (secondary N) is 1. The number of nitrogen functional groups attached to an aromatic ring is 1. The number of methoxy groups -OCH3 is 2. The molecule has 2 aromatic rings. The van der Waals surface area contributed by atoms with Crippen LogP contribution in [0.25, 0.3) is 10.9 Å². The van der Waals surface area contributed by atoms with Crippen LogP contribution in [0.1, 0.15) is 10.5 Å². The van der Waals surface area contributed by atoms with Crippen molar-refractivity contribution in [2.45, 2.75) is 0 Å². The summed E-state index contributed by atoms with van der Waals surface area (Å²) >= 11 is 0. The number of aromatic amines is 1. The Bertz CT molecular complexity index is 547. The van der Waals surface area contributed by atoms with E-state index in [4.69, 9.17) is 10.5 Å². The molecule has 16 heavy (non-hydrogen) atoms. The van der Waals surface area contributed by atoms with Gasteiger partial charge in [-0.1, -0.05) is 0 Å². The average molecular weight is 221 g/mol. The Labute approximate surface area is 91.3 Å². The van der Waals surface area contributed by atoms with Crippen LogP contribution in [-0.2, 0) is 4.74 Å². The van der Waals surface area contributed by atoms with E-state index in [1.165, 1.54) is 14.2 Å². The highest BCUT2D eigenvalue weighted by Gasteiger charge is 2.18. The number of H-pyrrole nitrogens is 1. The summed E-state index contributed by atoms with van der Waals surface area (Å²) in [6, 6.07) is 3.35. The van der Waals surface area contributed by atoms with Gasteiger partial charge in [0.2, 0.25) is 0 Å². The first kappa shape index (κ1) is 10.3. The first-order chi connectivity index (χ1) is 7.69. The molecule has 1 heterocycles. The minimum absolute atomic E-state index is 0.230. The molecule has 1 aromatic heterocycles. The van der Waals surface area contributed by atoms with E-state index >= 15 is 0 Å². The zero-order valence-corrected chi connectivity index (χ0v) is 8.90. The Morgan fingerprint density at radius 3 is 2.81 bits per heavy atom. The van der Waals surface area contributed by atoms with E-state index in [9.17, 15) is 4.79 Å². The molecule has 0 aliphatic heterocycles. The van der Waals surface area contributed by atoms with Crippen molar-refractivity contribution in [3.05, 3.63) is 17.8 Å². The number of fused-ring (bicyclic) bond motifs is 1. The SMILES string of the molecule is COC(=O)c1[nH]nc2c(OC)ccc(N)c12. The number of anilines is 1. The highest BCUT2D eigenvalue weighted by Crippen LogP contribution is 2.30. The molecule has 0 atom stereocenters. The second kappa shape index (κ2) is 3.73. The topological polar surface area (TPSA) is 90.2 Å². The van der Waals surface area contributed by atoms with Gasteiger partial charge in [-0.2, -0.15) is 5.10 Å². The molecule has 0 aliphatic carbocycles. The lowest BCUT2D eigenvalue weighted by Crippen LogP contribution is -2.03. The number of rotatable bonds is 2. The van der Waals surface area contributed by atoms with Gasteiger partial charge in [0.15, 0.2) is 5.69 Å². The lowest BCUT2D eigenvalue weighted by atomic mass is 10.1. The van der Waals surface area contributed by atoms with E-state index in [-0.39, 0.29) is 5.69 Å². The first-order valence-corrected chi connectivity index (χ1v) is 4.58. The zero-order valence-electron chi connectivity index (χ0n) is 8.90. The maximum atomic E-state index is 11.5. The normalized spacial score (nSPS) is 10.4. The van der Waals surface area contributed by atoms with Gasteiger partial charge in [0.05, 0.1) is 19.6 Å². The standard InChI is InChI=1S/C10H11N3O3/c1-15-6-4-3-5(11)7-8(6)12-13-9(7)10(14)16-2/h3-4H,11H2,1-2H3,(H,12,13). The van der Waals surface area contributed by atoms with Gasteiger partial charge in [0.1, 0.15) is 11.3 Å². The third kappa shape index (κ3) is 1.35. The average Bonchev–Trinajstić information content (AvgIpc) is 2.74. The number of carbonyl (C=O) groups is 1. The molecule has 0 saturated heterocycles. The van der Waals surface area contributed by atoms with Crippen molar-refractivity contribution in [2.24, 2.45) is 0 Å². The number of nitrogens with two attached hydrogens (primary N) is 1. The number of ether oxygens (including phenoxy) is 2. The summed E-state index contributed by atoms with van der Waals surface area (Å²) in [5, 5.41) is 7.10. The molecule has 6 heteroatoms. The van der Waals surface area contributed by atoms with Crippen LogP contribution in [0.2, 0.25) is 0 Å². The van der Waals surface area contributed by atoms with Gasteiger partial charge in [-0.15, -0.1) is 0 Å². The number of carbonyl (C=O) groups excluding carboxylic acids is 1. The van der Waals surface area contributed by atoms with E-state index in [2.05, 4.69) is 14.9 Å². The second-order valence-electron chi connectivity index (χ2n) is 3.17. The van der Waals surface area contributed by atoms with Gasteiger partial charge in [-0.05, 0) is 12.1 Å². The van der Waals surface area contributed by atoms with Gasteiger partial charge in [-0.3, -0.25) is 5.10 Å². The van der Waals surface area contributed by atoms with Crippen LogP contribution in [0.4, 0.5) is 5.69 Å². The summed E-state index contributed by atoms with van der Waals surface area (Å²) in [7, 11) is 2.82. The highest BCUT2D eigenvalue weighted by atomic mass is 16.5. The fraction of sp³-hybridized carbons (Fsp3) is 0.200. The molecule has 1 aromatic carbocycles. The van der Waals surface area contributed by atoms with E-state index in [0.717, 1.165) is 0 Å². The van der Waals surface area contributed by atoms with Crippen LogP contribution in [0.15, 0.2) is 12.1 Å². The van der Waals surface area contributed by atoms with Crippen LogP contribution < -0.4 is 10.5 Å². The maximum Gasteiger partial charge on any atom is 0.356 e. The molecule has 2 rings (SSSR count). The Balaban J connectivity index is 2.75. The molecule has 0 amide bonds. The number of hydrogen-bond acceptors (Lipinski definition) is 5. The number of nitrogens with zero attached hydrogens (tertiary/aromatic N) is 1. The van der Waals surface area contributed by atoms with Crippen molar-refractivity contribution in [1.82, 2.24) is 10.2 Å². The smallest absolute Gasteiger partial charge is 0.356 e. The fourth-order valence-corrected chi connectivity index (χ4v) is 1.54. The van der Waals surface area contributed by atoms with Crippen LogP contribution in [0.3, 0.4) is 0 Å². The van der Waals surface area contributed by atoms with Gasteiger partial charge < -0.3 is 15.2 Å². The number of benzene rings is 1. The largest absolute Gasteiger partial charge is 0.494 e. The minimum Gasteiger partial charge on any atom is -0.494 e. The lowest BCUT2D eigenvalue weighted by molar-refractivity contribution is 0.0596. The summed E-state index contributed by atoms with van der Waals surface area (Å²) in [5.41, 5.74) is 6.99. The first-order valence-electron chi connectivity index (χ1n) is 4.58. The van der Waals surface area contributed by atoms with E-state index in [1.54, 1.807) is 12.1 Å². The van der Waals surface area contributed by atoms with Crippen molar-refractivity contribution in [3.8, 4) is 5.75 Å². The molecule has 0 bridgehead atoms. The molecule has 0 radical (unpaired) electrons. The van der Waals surface area contributed by atoms with E-state index in [1.807, 2.05) is 0 Å². The molecule has 0 unspecified atom stereocenters. The zero-order chi connectivity index (χ0) is 11.7. The summed E-state index contributed by atoms with van der Waals surface area (Å²) in [4.78, 5) is 11.5. The summed E-state index contributed by atoms with van der Waals surface area (Å²) in [5.74, 6) is 0.0399. The molecular formula is C10H11N3O3. The molecule has 0 aliphatic rings. The van der Waals surface area contributed by atoms with Crippen LogP contribution >= 0.6 is 0 Å². The third-order valence-electron chi connectivity index (χ3n) is 2.31. The summed E-state index contributed by atoms with van der Waals surface area (Å²) in [6.07, 6.45) is 0. The van der Waals surface area contributed by atoms with Crippen molar-refractivity contribution in [2.75, 3.05) is 20.0 Å². The van der Waals surface area contributed by atoms with Crippen molar-refractivity contribution >= 4 is 22.6 Å². The molecule has 0 fully saturated rings. The second-order valence-corrected chi connectivity index (χ2v) is 3.17. The summed E-state index contributed by atoms with van der Waals surface area (Å²) < 4.78 is 9.74. The monoisotopic (exact) mass is 221 g/mol. The molecule has 3 N–H and O–H groups in total.